The standard InChI is InChI=1S/C43H40N4O2/c1-42(2,3)20-28-22-46-36(24-44-28)34-18-26(16-32-30-11-7-9-13-38(30)48-40(32)34)15-27-17-33-31-12-8-10-14-39(31)49-41(33)35(19-27)37-25-45-29(23-47-37)21-43(4,5)6/h7-14,16-19,22-25H,15,20-21H2,1-6H3. The Hall–Kier alpha value is -5.36. The Kier molecular flexibility index (Phi) is 7.36. The highest BCUT2D eigenvalue weighted by atomic mass is 16.3. The predicted molar refractivity (Wildman–Crippen MR) is 199 cm³/mol. The molecule has 0 atom stereocenters. The van der Waals surface area contributed by atoms with Crippen LogP contribution >= 0.6 is 0 Å². The van der Waals surface area contributed by atoms with Crippen LogP contribution in [0.5, 0.6) is 0 Å². The van der Waals surface area contributed by atoms with Gasteiger partial charge in [0, 0.05) is 45.1 Å². The van der Waals surface area contributed by atoms with E-state index in [2.05, 4.69) is 90.1 Å². The Morgan fingerprint density at radius 1 is 0.490 bits per heavy atom. The van der Waals surface area contributed by atoms with Crippen molar-refractivity contribution in [1.29, 1.82) is 0 Å². The first kappa shape index (κ1) is 30.9. The van der Waals surface area contributed by atoms with Crippen molar-refractivity contribution >= 4 is 43.9 Å². The van der Waals surface area contributed by atoms with Crippen LogP contribution in [0.2, 0.25) is 0 Å². The first-order valence-corrected chi connectivity index (χ1v) is 17.0. The van der Waals surface area contributed by atoms with Crippen LogP contribution in [0, 0.1) is 10.8 Å². The van der Waals surface area contributed by atoms with E-state index in [9.17, 15) is 0 Å². The normalized spacial score (nSPS) is 12.5. The van der Waals surface area contributed by atoms with E-state index in [-0.39, 0.29) is 10.8 Å². The number of benzene rings is 4. The molecule has 49 heavy (non-hydrogen) atoms. The fourth-order valence-corrected chi connectivity index (χ4v) is 6.85. The molecule has 4 heterocycles. The van der Waals surface area contributed by atoms with E-state index in [1.54, 1.807) is 0 Å². The van der Waals surface area contributed by atoms with E-state index in [0.29, 0.717) is 6.42 Å². The molecule has 0 aliphatic rings. The highest BCUT2D eigenvalue weighted by Crippen LogP contribution is 2.39. The molecule has 6 nitrogen and oxygen atoms in total. The fourth-order valence-electron chi connectivity index (χ4n) is 6.85. The molecule has 0 amide bonds. The number of furan rings is 2. The van der Waals surface area contributed by atoms with Gasteiger partial charge < -0.3 is 8.83 Å². The number of hydrogen-bond acceptors (Lipinski definition) is 6. The third kappa shape index (κ3) is 6.19. The van der Waals surface area contributed by atoms with Crippen molar-refractivity contribution in [1.82, 2.24) is 19.9 Å². The number of rotatable bonds is 6. The first-order chi connectivity index (χ1) is 23.5. The summed E-state index contributed by atoms with van der Waals surface area (Å²) in [5.41, 5.74) is 11.4. The zero-order chi connectivity index (χ0) is 33.9. The van der Waals surface area contributed by atoms with Gasteiger partial charge in [0.1, 0.15) is 22.3 Å². The topological polar surface area (TPSA) is 77.8 Å². The summed E-state index contributed by atoms with van der Waals surface area (Å²) in [6.45, 7) is 13.3. The van der Waals surface area contributed by atoms with Crippen molar-refractivity contribution in [2.75, 3.05) is 0 Å². The Morgan fingerprint density at radius 3 is 1.31 bits per heavy atom. The van der Waals surface area contributed by atoms with E-state index in [0.717, 1.165) is 102 Å². The minimum absolute atomic E-state index is 0.127. The van der Waals surface area contributed by atoms with Gasteiger partial charge in [-0.05, 0) is 77.6 Å². The lowest BCUT2D eigenvalue weighted by molar-refractivity contribution is 0.405. The summed E-state index contributed by atoms with van der Waals surface area (Å²) >= 11 is 0. The quantitative estimate of drug-likeness (QED) is 0.179. The largest absolute Gasteiger partial charge is 0.455 e. The van der Waals surface area contributed by atoms with Crippen LogP contribution in [0.15, 0.2) is 106 Å². The second kappa shape index (κ2) is 11.7. The van der Waals surface area contributed by atoms with Crippen LogP contribution in [0.25, 0.3) is 66.4 Å². The van der Waals surface area contributed by atoms with E-state index in [1.807, 2.05) is 49.1 Å². The van der Waals surface area contributed by atoms with Gasteiger partial charge in [-0.25, -0.2) is 0 Å². The molecule has 0 aliphatic carbocycles. The van der Waals surface area contributed by atoms with Gasteiger partial charge in [0.15, 0.2) is 0 Å². The molecule has 0 unspecified atom stereocenters. The Balaban J connectivity index is 1.26. The molecule has 244 valence electrons. The average Bonchev–Trinajstić information content (AvgIpc) is 3.62. The average molecular weight is 645 g/mol. The van der Waals surface area contributed by atoms with Crippen molar-refractivity contribution in [2.45, 2.75) is 60.8 Å². The molecule has 0 aliphatic heterocycles. The van der Waals surface area contributed by atoms with Gasteiger partial charge in [-0.3, -0.25) is 19.9 Å². The molecule has 6 heteroatoms. The second-order valence-electron chi connectivity index (χ2n) is 15.7. The number of fused-ring (bicyclic) bond motifs is 6. The van der Waals surface area contributed by atoms with Crippen LogP contribution in [-0.4, -0.2) is 19.9 Å². The Labute approximate surface area is 286 Å². The number of aromatic nitrogens is 4. The first-order valence-electron chi connectivity index (χ1n) is 17.0. The van der Waals surface area contributed by atoms with Crippen molar-refractivity contribution in [2.24, 2.45) is 10.8 Å². The van der Waals surface area contributed by atoms with Crippen LogP contribution in [0.3, 0.4) is 0 Å². The third-order valence-corrected chi connectivity index (χ3v) is 8.87. The van der Waals surface area contributed by atoms with Gasteiger partial charge in [0.2, 0.25) is 0 Å². The highest BCUT2D eigenvalue weighted by Gasteiger charge is 2.20. The molecule has 4 aromatic heterocycles. The molecule has 4 aromatic carbocycles. The van der Waals surface area contributed by atoms with Gasteiger partial charge >= 0.3 is 0 Å². The maximum atomic E-state index is 6.47. The minimum Gasteiger partial charge on any atom is -0.455 e. The predicted octanol–water partition coefficient (Wildman–Crippen LogP) is 11.2. The lowest BCUT2D eigenvalue weighted by atomic mass is 9.91. The van der Waals surface area contributed by atoms with Crippen molar-refractivity contribution in [3.8, 4) is 22.5 Å². The molecule has 0 saturated heterocycles. The lowest BCUT2D eigenvalue weighted by Crippen LogP contribution is -2.10. The third-order valence-electron chi connectivity index (χ3n) is 8.87. The zero-order valence-electron chi connectivity index (χ0n) is 29.0. The van der Waals surface area contributed by atoms with Gasteiger partial charge in [0.05, 0.1) is 35.2 Å². The fraction of sp³-hybridized carbons (Fsp3) is 0.256. The molecule has 0 fully saturated rings. The number of hydrogen-bond donors (Lipinski definition) is 0. The summed E-state index contributed by atoms with van der Waals surface area (Å²) in [6.07, 6.45) is 9.98. The van der Waals surface area contributed by atoms with Crippen molar-refractivity contribution in [3.05, 3.63) is 120 Å². The monoisotopic (exact) mass is 644 g/mol. The van der Waals surface area contributed by atoms with E-state index < -0.39 is 0 Å². The molecule has 0 N–H and O–H groups in total. The van der Waals surface area contributed by atoms with Gasteiger partial charge in [0.25, 0.3) is 0 Å². The molecule has 8 aromatic rings. The van der Waals surface area contributed by atoms with E-state index in [4.69, 9.17) is 28.8 Å². The summed E-state index contributed by atoms with van der Waals surface area (Å²) in [6, 6.07) is 25.3. The maximum absolute atomic E-state index is 6.47. The summed E-state index contributed by atoms with van der Waals surface area (Å²) in [5, 5.41) is 4.30. The maximum Gasteiger partial charge on any atom is 0.144 e. The number of para-hydroxylation sites is 2. The molecule has 0 spiro atoms. The van der Waals surface area contributed by atoms with Crippen LogP contribution in [0.4, 0.5) is 0 Å². The summed E-state index contributed by atoms with van der Waals surface area (Å²) in [7, 11) is 0. The van der Waals surface area contributed by atoms with E-state index >= 15 is 0 Å². The van der Waals surface area contributed by atoms with Crippen LogP contribution < -0.4 is 0 Å². The van der Waals surface area contributed by atoms with Gasteiger partial charge in [-0.15, -0.1) is 0 Å². The number of nitrogens with zero attached hydrogens (tertiary/aromatic N) is 4. The smallest absolute Gasteiger partial charge is 0.144 e. The molecule has 0 saturated carbocycles. The summed E-state index contributed by atoms with van der Waals surface area (Å²) < 4.78 is 12.9. The molecular formula is C43H40N4O2. The van der Waals surface area contributed by atoms with Crippen LogP contribution in [0.1, 0.15) is 64.1 Å². The lowest BCUT2D eigenvalue weighted by Gasteiger charge is -2.17. The Morgan fingerprint density at radius 2 is 0.918 bits per heavy atom. The van der Waals surface area contributed by atoms with Gasteiger partial charge in [-0.2, -0.15) is 0 Å². The summed E-state index contributed by atoms with van der Waals surface area (Å²) in [5.74, 6) is 0. The molecular weight excluding hydrogens is 604 g/mol. The SMILES string of the molecule is CC(C)(C)Cc1cnc(-c2cc(Cc3cc(-c4cnc(CC(C)(C)C)cn4)c4oc5ccccc5c4c3)cc3c2oc2ccccc23)cn1. The molecule has 0 bridgehead atoms. The van der Waals surface area contributed by atoms with Gasteiger partial charge in [-0.1, -0.05) is 77.9 Å². The van der Waals surface area contributed by atoms with Crippen molar-refractivity contribution in [3.63, 3.8) is 0 Å². The zero-order valence-corrected chi connectivity index (χ0v) is 29.0. The summed E-state index contributed by atoms with van der Waals surface area (Å²) in [4.78, 5) is 19.4. The Bertz CT molecular complexity index is 2300. The second-order valence-corrected chi connectivity index (χ2v) is 15.7. The van der Waals surface area contributed by atoms with Crippen LogP contribution in [-0.2, 0) is 19.3 Å². The molecule has 8 rings (SSSR count). The van der Waals surface area contributed by atoms with Crippen molar-refractivity contribution < 1.29 is 8.83 Å². The van der Waals surface area contributed by atoms with E-state index in [1.165, 1.54) is 0 Å². The highest BCUT2D eigenvalue weighted by molar-refractivity contribution is 6.11. The molecule has 0 radical (unpaired) electrons. The minimum atomic E-state index is 0.127.